The molecule has 18 heavy (non-hydrogen) atoms. The molecule has 0 N–H and O–H groups in total. The summed E-state index contributed by atoms with van der Waals surface area (Å²) in [6.45, 7) is 0. The lowest BCUT2D eigenvalue weighted by atomic mass is 10.2. The highest BCUT2D eigenvalue weighted by Gasteiger charge is 2.09. The monoisotopic (exact) mass is 238 g/mol. The first-order valence-electron chi connectivity index (χ1n) is 5.85. The lowest BCUT2D eigenvalue weighted by Gasteiger charge is -2.04. The van der Waals surface area contributed by atoms with E-state index >= 15 is 0 Å². The van der Waals surface area contributed by atoms with Crippen LogP contribution < -0.4 is 4.74 Å². The number of aryl methyl sites for hydroxylation is 1. The zero-order valence-corrected chi connectivity index (χ0v) is 10.4. The van der Waals surface area contributed by atoms with Crippen molar-refractivity contribution in [2.75, 3.05) is 7.11 Å². The third kappa shape index (κ3) is 1.64. The third-order valence-corrected chi connectivity index (χ3v) is 3.12. The maximum atomic E-state index is 5.25. The van der Waals surface area contributed by atoms with E-state index in [1.165, 1.54) is 0 Å². The first kappa shape index (κ1) is 10.8. The van der Waals surface area contributed by atoms with Gasteiger partial charge in [0.1, 0.15) is 11.6 Å². The van der Waals surface area contributed by atoms with Gasteiger partial charge in [-0.3, -0.25) is 0 Å². The Labute approximate surface area is 106 Å². The summed E-state index contributed by atoms with van der Waals surface area (Å²) in [6.07, 6.45) is 0. The van der Waals surface area contributed by atoms with E-state index in [0.717, 1.165) is 28.2 Å². The molecule has 0 radical (unpaired) electrons. The topological polar surface area (TPSA) is 27.1 Å². The van der Waals surface area contributed by atoms with Crippen molar-refractivity contribution in [2.24, 2.45) is 7.05 Å². The molecule has 0 spiro atoms. The van der Waals surface area contributed by atoms with Gasteiger partial charge in [0.05, 0.1) is 18.1 Å². The van der Waals surface area contributed by atoms with Crippen LogP contribution in [0, 0.1) is 0 Å². The maximum absolute atomic E-state index is 5.25. The van der Waals surface area contributed by atoms with Crippen molar-refractivity contribution in [3.05, 3.63) is 48.5 Å². The van der Waals surface area contributed by atoms with E-state index in [-0.39, 0.29) is 0 Å². The van der Waals surface area contributed by atoms with Crippen LogP contribution in [0.15, 0.2) is 48.5 Å². The SMILES string of the molecule is COc1cccc(-c2nc3ccccc3n2C)c1. The van der Waals surface area contributed by atoms with Gasteiger partial charge in [-0.05, 0) is 24.3 Å². The summed E-state index contributed by atoms with van der Waals surface area (Å²) in [4.78, 5) is 4.67. The van der Waals surface area contributed by atoms with Gasteiger partial charge < -0.3 is 9.30 Å². The number of rotatable bonds is 2. The van der Waals surface area contributed by atoms with Crippen molar-refractivity contribution >= 4 is 11.0 Å². The van der Waals surface area contributed by atoms with E-state index in [9.17, 15) is 0 Å². The molecule has 3 heteroatoms. The third-order valence-electron chi connectivity index (χ3n) is 3.12. The molecule has 0 aliphatic carbocycles. The summed E-state index contributed by atoms with van der Waals surface area (Å²) in [5.74, 6) is 1.80. The molecule has 1 aromatic heterocycles. The van der Waals surface area contributed by atoms with E-state index in [4.69, 9.17) is 4.74 Å². The molecule has 0 aliphatic rings. The number of imidazole rings is 1. The minimum absolute atomic E-state index is 0.847. The maximum Gasteiger partial charge on any atom is 0.140 e. The molecule has 0 atom stereocenters. The molecule has 1 heterocycles. The van der Waals surface area contributed by atoms with Gasteiger partial charge in [0.25, 0.3) is 0 Å². The van der Waals surface area contributed by atoms with Gasteiger partial charge in [0, 0.05) is 12.6 Å². The number of benzene rings is 2. The summed E-state index contributed by atoms with van der Waals surface area (Å²) in [6, 6.07) is 16.1. The van der Waals surface area contributed by atoms with Crippen molar-refractivity contribution in [1.82, 2.24) is 9.55 Å². The summed E-state index contributed by atoms with van der Waals surface area (Å²) in [7, 11) is 3.71. The van der Waals surface area contributed by atoms with Gasteiger partial charge in [-0.1, -0.05) is 24.3 Å². The van der Waals surface area contributed by atoms with Crippen LogP contribution in [-0.2, 0) is 7.05 Å². The Balaban J connectivity index is 2.21. The van der Waals surface area contributed by atoms with Crippen LogP contribution in [0.5, 0.6) is 5.75 Å². The Bertz CT molecular complexity index is 701. The highest BCUT2D eigenvalue weighted by atomic mass is 16.5. The van der Waals surface area contributed by atoms with Crippen molar-refractivity contribution in [2.45, 2.75) is 0 Å². The molecule has 0 aliphatic heterocycles. The average molecular weight is 238 g/mol. The van der Waals surface area contributed by atoms with Gasteiger partial charge in [-0.25, -0.2) is 4.98 Å². The molecule has 0 unspecified atom stereocenters. The molecule has 2 aromatic carbocycles. The second-order valence-corrected chi connectivity index (χ2v) is 4.22. The van der Waals surface area contributed by atoms with E-state index in [1.807, 2.05) is 49.5 Å². The number of hydrogen-bond acceptors (Lipinski definition) is 2. The van der Waals surface area contributed by atoms with Crippen LogP contribution in [0.25, 0.3) is 22.4 Å². The zero-order chi connectivity index (χ0) is 12.5. The Morgan fingerprint density at radius 2 is 1.89 bits per heavy atom. The van der Waals surface area contributed by atoms with Crippen molar-refractivity contribution in [3.63, 3.8) is 0 Å². The predicted molar refractivity (Wildman–Crippen MR) is 72.7 cm³/mol. The molecule has 0 saturated carbocycles. The smallest absolute Gasteiger partial charge is 0.140 e. The number of aromatic nitrogens is 2. The Morgan fingerprint density at radius 1 is 1.06 bits per heavy atom. The quantitative estimate of drug-likeness (QED) is 0.685. The molecule has 3 rings (SSSR count). The lowest BCUT2D eigenvalue weighted by Crippen LogP contribution is -1.92. The van der Waals surface area contributed by atoms with Crippen LogP contribution in [0.2, 0.25) is 0 Å². The number of methoxy groups -OCH3 is 1. The Kier molecular flexibility index (Phi) is 2.52. The van der Waals surface area contributed by atoms with Crippen molar-refractivity contribution in [1.29, 1.82) is 0 Å². The van der Waals surface area contributed by atoms with E-state index < -0.39 is 0 Å². The van der Waals surface area contributed by atoms with Crippen molar-refractivity contribution in [3.8, 4) is 17.1 Å². The predicted octanol–water partition coefficient (Wildman–Crippen LogP) is 3.25. The van der Waals surface area contributed by atoms with Crippen LogP contribution in [0.3, 0.4) is 0 Å². The molecule has 0 bridgehead atoms. The fraction of sp³-hybridized carbons (Fsp3) is 0.133. The molecule has 0 saturated heterocycles. The Morgan fingerprint density at radius 3 is 2.67 bits per heavy atom. The average Bonchev–Trinajstić information content (AvgIpc) is 2.77. The number of ether oxygens (including phenoxy) is 1. The summed E-state index contributed by atoms with van der Waals surface area (Å²) in [5.41, 5.74) is 3.21. The standard InChI is InChI=1S/C15H14N2O/c1-17-14-9-4-3-8-13(14)16-15(17)11-6-5-7-12(10-11)18-2/h3-10H,1-2H3. The molecule has 0 fully saturated rings. The number of para-hydroxylation sites is 2. The van der Waals surface area contributed by atoms with E-state index in [2.05, 4.69) is 15.6 Å². The van der Waals surface area contributed by atoms with Crippen molar-refractivity contribution < 1.29 is 4.74 Å². The molecule has 3 nitrogen and oxygen atoms in total. The highest BCUT2D eigenvalue weighted by molar-refractivity contribution is 5.80. The minimum atomic E-state index is 0.847. The second kappa shape index (κ2) is 4.18. The van der Waals surface area contributed by atoms with E-state index in [1.54, 1.807) is 7.11 Å². The summed E-state index contributed by atoms with van der Waals surface area (Å²) < 4.78 is 7.35. The highest BCUT2D eigenvalue weighted by Crippen LogP contribution is 2.26. The van der Waals surface area contributed by atoms with Crippen LogP contribution in [0.4, 0.5) is 0 Å². The summed E-state index contributed by atoms with van der Waals surface area (Å²) >= 11 is 0. The number of fused-ring (bicyclic) bond motifs is 1. The van der Waals surface area contributed by atoms with Crippen LogP contribution in [-0.4, -0.2) is 16.7 Å². The van der Waals surface area contributed by atoms with Crippen LogP contribution in [0.1, 0.15) is 0 Å². The fourth-order valence-corrected chi connectivity index (χ4v) is 2.17. The van der Waals surface area contributed by atoms with Gasteiger partial charge in [-0.2, -0.15) is 0 Å². The fourth-order valence-electron chi connectivity index (χ4n) is 2.17. The first-order valence-corrected chi connectivity index (χ1v) is 5.85. The minimum Gasteiger partial charge on any atom is -0.497 e. The van der Waals surface area contributed by atoms with E-state index in [0.29, 0.717) is 0 Å². The second-order valence-electron chi connectivity index (χ2n) is 4.22. The Hall–Kier alpha value is -2.29. The zero-order valence-electron chi connectivity index (χ0n) is 10.4. The molecule has 0 amide bonds. The molecule has 90 valence electrons. The summed E-state index contributed by atoms with van der Waals surface area (Å²) in [5, 5.41) is 0. The molecular weight excluding hydrogens is 224 g/mol. The van der Waals surface area contributed by atoms with Gasteiger partial charge >= 0.3 is 0 Å². The molecular formula is C15H14N2O. The molecule has 3 aromatic rings. The normalized spacial score (nSPS) is 10.8. The number of hydrogen-bond donors (Lipinski definition) is 0. The first-order chi connectivity index (χ1) is 8.79. The van der Waals surface area contributed by atoms with Gasteiger partial charge in [0.2, 0.25) is 0 Å². The van der Waals surface area contributed by atoms with Gasteiger partial charge in [-0.15, -0.1) is 0 Å². The number of nitrogens with zero attached hydrogens (tertiary/aromatic N) is 2. The van der Waals surface area contributed by atoms with Crippen LogP contribution >= 0.6 is 0 Å². The lowest BCUT2D eigenvalue weighted by molar-refractivity contribution is 0.415. The largest absolute Gasteiger partial charge is 0.497 e. The van der Waals surface area contributed by atoms with Gasteiger partial charge in [0.15, 0.2) is 0 Å².